The van der Waals surface area contributed by atoms with Gasteiger partial charge in [-0.2, -0.15) is 0 Å². The highest BCUT2D eigenvalue weighted by Gasteiger charge is 2.17. The molecule has 0 aliphatic heterocycles. The molecule has 5 nitrogen and oxygen atoms in total. The predicted molar refractivity (Wildman–Crippen MR) is 72.6 cm³/mol. The minimum Gasteiger partial charge on any atom is -0.492 e. The molecule has 1 rings (SSSR count). The Morgan fingerprint density at radius 3 is 2.53 bits per heavy atom. The molecule has 1 aromatic carbocycles. The summed E-state index contributed by atoms with van der Waals surface area (Å²) in [5.41, 5.74) is 0.888. The van der Waals surface area contributed by atoms with Crippen molar-refractivity contribution in [1.29, 1.82) is 0 Å². The first kappa shape index (κ1) is 15.5. The highest BCUT2D eigenvalue weighted by atomic mass is 32.2. The van der Waals surface area contributed by atoms with Gasteiger partial charge in [0, 0.05) is 0 Å². The number of sulfone groups is 1. The Bertz CT molecular complexity index is 560. The second-order valence-electron chi connectivity index (χ2n) is 4.57. The number of carboxylic acid groups (broad SMARTS) is 1. The van der Waals surface area contributed by atoms with Gasteiger partial charge in [0.05, 0.1) is 11.0 Å². The summed E-state index contributed by atoms with van der Waals surface area (Å²) in [6.07, 6.45) is 0. The number of aromatic carboxylic acids is 1. The van der Waals surface area contributed by atoms with Crippen LogP contribution in [0, 0.1) is 6.92 Å². The van der Waals surface area contributed by atoms with Crippen LogP contribution in [-0.4, -0.2) is 37.1 Å². The number of aryl methyl sites for hydroxylation is 1. The van der Waals surface area contributed by atoms with E-state index in [1.54, 1.807) is 26.0 Å². The van der Waals surface area contributed by atoms with Crippen molar-refractivity contribution in [1.82, 2.24) is 0 Å². The first-order valence-electron chi connectivity index (χ1n) is 5.92. The first-order chi connectivity index (χ1) is 8.74. The van der Waals surface area contributed by atoms with Crippen molar-refractivity contribution in [2.24, 2.45) is 0 Å². The SMILES string of the molecule is Cc1ccc(C(=O)O)c(OCCS(=O)(=O)C(C)C)c1. The van der Waals surface area contributed by atoms with Crippen LogP contribution in [0.25, 0.3) is 0 Å². The topological polar surface area (TPSA) is 80.7 Å². The number of ether oxygens (including phenoxy) is 1. The summed E-state index contributed by atoms with van der Waals surface area (Å²) in [7, 11) is -3.18. The standard InChI is InChI=1S/C13H18O5S/c1-9(2)19(16,17)7-6-18-12-8-10(3)4-5-11(12)13(14)15/h4-5,8-9H,6-7H2,1-3H3,(H,14,15). The fourth-order valence-corrected chi connectivity index (χ4v) is 2.22. The van der Waals surface area contributed by atoms with Gasteiger partial charge in [0.1, 0.15) is 17.9 Å². The van der Waals surface area contributed by atoms with Crippen molar-refractivity contribution in [2.75, 3.05) is 12.4 Å². The number of benzene rings is 1. The number of carbonyl (C=O) groups is 1. The van der Waals surface area contributed by atoms with Gasteiger partial charge in [0.2, 0.25) is 0 Å². The third kappa shape index (κ3) is 4.24. The van der Waals surface area contributed by atoms with Gasteiger partial charge < -0.3 is 9.84 Å². The Kier molecular flexibility index (Phi) is 4.94. The maximum Gasteiger partial charge on any atom is 0.339 e. The van der Waals surface area contributed by atoms with Crippen LogP contribution < -0.4 is 4.74 Å². The zero-order valence-corrected chi connectivity index (χ0v) is 12.0. The molecule has 6 heteroatoms. The van der Waals surface area contributed by atoms with Crippen molar-refractivity contribution >= 4 is 15.8 Å². The van der Waals surface area contributed by atoms with Gasteiger partial charge in [-0.05, 0) is 38.5 Å². The molecular weight excluding hydrogens is 268 g/mol. The number of hydrogen-bond acceptors (Lipinski definition) is 4. The molecule has 0 saturated carbocycles. The molecule has 0 aliphatic rings. The van der Waals surface area contributed by atoms with Crippen LogP contribution >= 0.6 is 0 Å². The van der Waals surface area contributed by atoms with Crippen LogP contribution in [0.1, 0.15) is 29.8 Å². The van der Waals surface area contributed by atoms with Crippen molar-refractivity contribution in [3.63, 3.8) is 0 Å². The zero-order chi connectivity index (χ0) is 14.6. The van der Waals surface area contributed by atoms with E-state index >= 15 is 0 Å². The predicted octanol–water partition coefficient (Wildman–Crippen LogP) is 1.90. The Morgan fingerprint density at radius 2 is 2.00 bits per heavy atom. The average Bonchev–Trinajstić information content (AvgIpc) is 2.28. The lowest BCUT2D eigenvalue weighted by Gasteiger charge is -2.11. The Hall–Kier alpha value is -1.56. The van der Waals surface area contributed by atoms with E-state index in [0.717, 1.165) is 5.56 Å². The average molecular weight is 286 g/mol. The van der Waals surface area contributed by atoms with Crippen LogP contribution in [-0.2, 0) is 9.84 Å². The maximum absolute atomic E-state index is 11.6. The smallest absolute Gasteiger partial charge is 0.339 e. The monoisotopic (exact) mass is 286 g/mol. The lowest BCUT2D eigenvalue weighted by Crippen LogP contribution is -2.22. The number of carboxylic acids is 1. The van der Waals surface area contributed by atoms with Crippen LogP contribution in [0.5, 0.6) is 5.75 Å². The quantitative estimate of drug-likeness (QED) is 0.863. The summed E-state index contributed by atoms with van der Waals surface area (Å²) in [5, 5.41) is 8.54. The molecule has 0 spiro atoms. The summed E-state index contributed by atoms with van der Waals surface area (Å²) in [6, 6.07) is 4.70. The molecule has 0 radical (unpaired) electrons. The molecule has 0 amide bonds. The zero-order valence-electron chi connectivity index (χ0n) is 11.2. The summed E-state index contributed by atoms with van der Waals surface area (Å²) < 4.78 is 28.5. The van der Waals surface area contributed by atoms with E-state index in [9.17, 15) is 13.2 Å². The van der Waals surface area contributed by atoms with Gasteiger partial charge in [0.15, 0.2) is 9.84 Å². The summed E-state index contributed by atoms with van der Waals surface area (Å²) in [5.74, 6) is -1.02. The van der Waals surface area contributed by atoms with Crippen molar-refractivity contribution in [3.05, 3.63) is 29.3 Å². The Balaban J connectivity index is 2.78. The highest BCUT2D eigenvalue weighted by molar-refractivity contribution is 7.91. The lowest BCUT2D eigenvalue weighted by atomic mass is 10.1. The second-order valence-corrected chi connectivity index (χ2v) is 7.25. The van der Waals surface area contributed by atoms with Crippen molar-refractivity contribution in [3.8, 4) is 5.75 Å². The third-order valence-electron chi connectivity index (χ3n) is 2.71. The van der Waals surface area contributed by atoms with E-state index in [4.69, 9.17) is 9.84 Å². The Labute approximate surface area is 113 Å². The molecule has 0 aromatic heterocycles. The summed E-state index contributed by atoms with van der Waals surface area (Å²) >= 11 is 0. The van der Waals surface area contributed by atoms with Gasteiger partial charge in [0.25, 0.3) is 0 Å². The van der Waals surface area contributed by atoms with E-state index < -0.39 is 21.1 Å². The number of rotatable bonds is 6. The third-order valence-corrected chi connectivity index (χ3v) is 4.88. The molecule has 106 valence electrons. The van der Waals surface area contributed by atoms with Crippen LogP contribution in [0.2, 0.25) is 0 Å². The summed E-state index contributed by atoms with van der Waals surface area (Å²) in [6.45, 7) is 4.96. The summed E-state index contributed by atoms with van der Waals surface area (Å²) in [4.78, 5) is 11.0. The largest absolute Gasteiger partial charge is 0.492 e. The van der Waals surface area contributed by atoms with Gasteiger partial charge in [-0.3, -0.25) is 0 Å². The molecule has 0 atom stereocenters. The second kappa shape index (κ2) is 6.06. The lowest BCUT2D eigenvalue weighted by molar-refractivity contribution is 0.0692. The van der Waals surface area contributed by atoms with E-state index in [1.165, 1.54) is 6.07 Å². The van der Waals surface area contributed by atoms with E-state index in [0.29, 0.717) is 0 Å². The molecule has 0 fully saturated rings. The molecule has 0 unspecified atom stereocenters. The first-order valence-corrected chi connectivity index (χ1v) is 7.64. The molecule has 0 aliphatic carbocycles. The molecule has 0 bridgehead atoms. The maximum atomic E-state index is 11.6. The van der Waals surface area contributed by atoms with Gasteiger partial charge in [-0.15, -0.1) is 0 Å². The van der Waals surface area contributed by atoms with E-state index in [1.807, 2.05) is 6.92 Å². The molecule has 0 saturated heterocycles. The van der Waals surface area contributed by atoms with Gasteiger partial charge in [-0.1, -0.05) is 6.07 Å². The van der Waals surface area contributed by atoms with Gasteiger partial charge >= 0.3 is 5.97 Å². The van der Waals surface area contributed by atoms with Crippen molar-refractivity contribution < 1.29 is 23.1 Å². The van der Waals surface area contributed by atoms with Crippen LogP contribution in [0.4, 0.5) is 0 Å². The highest BCUT2D eigenvalue weighted by Crippen LogP contribution is 2.20. The van der Waals surface area contributed by atoms with E-state index in [-0.39, 0.29) is 23.7 Å². The minimum atomic E-state index is -3.18. The molecule has 1 aromatic rings. The Morgan fingerprint density at radius 1 is 1.37 bits per heavy atom. The molecular formula is C13H18O5S. The van der Waals surface area contributed by atoms with E-state index in [2.05, 4.69) is 0 Å². The fraction of sp³-hybridized carbons (Fsp3) is 0.462. The molecule has 0 heterocycles. The molecule has 1 N–H and O–H groups in total. The van der Waals surface area contributed by atoms with Crippen LogP contribution in [0.3, 0.4) is 0 Å². The normalized spacial score (nSPS) is 11.6. The number of hydrogen-bond donors (Lipinski definition) is 1. The molecule has 19 heavy (non-hydrogen) atoms. The van der Waals surface area contributed by atoms with Crippen molar-refractivity contribution in [2.45, 2.75) is 26.0 Å². The fourth-order valence-electron chi connectivity index (χ4n) is 1.43. The minimum absolute atomic E-state index is 0.0348. The van der Waals surface area contributed by atoms with Crippen LogP contribution in [0.15, 0.2) is 18.2 Å². The van der Waals surface area contributed by atoms with Gasteiger partial charge in [-0.25, -0.2) is 13.2 Å².